The second kappa shape index (κ2) is 31.2. The normalized spacial score (nSPS) is 13.2. The first-order valence-corrected chi connectivity index (χ1v) is 18.3. The number of carboxylic acids is 1. The standard InChI is InChI=1S/C37H75NO2.ClH/c1-6-8-10-27-31-35(30-9-7-2)34-36(37(39)40)32-28-25-23-21-19-17-15-13-11-12-14-16-18-20-22-24-26-29-33-38(3,4)5;/h35-36H,6-34H2,1-5H3;1H. The summed E-state index contributed by atoms with van der Waals surface area (Å²) in [6, 6.07) is 0. The number of hydrogen-bond donors (Lipinski definition) is 1. The first-order chi connectivity index (χ1) is 19.3. The van der Waals surface area contributed by atoms with Crippen LogP contribution in [0.5, 0.6) is 0 Å². The van der Waals surface area contributed by atoms with Crippen LogP contribution in [0, 0.1) is 11.8 Å². The quantitative estimate of drug-likeness (QED) is 0.0617. The average molecular weight is 602 g/mol. The van der Waals surface area contributed by atoms with Gasteiger partial charge in [0.1, 0.15) is 0 Å². The van der Waals surface area contributed by atoms with Gasteiger partial charge in [0.05, 0.1) is 33.6 Å². The summed E-state index contributed by atoms with van der Waals surface area (Å²) in [7, 11) is 6.88. The van der Waals surface area contributed by atoms with Gasteiger partial charge in [-0.2, -0.15) is 0 Å². The van der Waals surface area contributed by atoms with Gasteiger partial charge < -0.3 is 22.0 Å². The molecule has 4 heteroatoms. The highest BCUT2D eigenvalue weighted by Gasteiger charge is 2.22. The largest absolute Gasteiger partial charge is 1.00 e. The molecule has 2 unspecified atom stereocenters. The Bertz CT molecular complexity index is 534. The van der Waals surface area contributed by atoms with E-state index in [4.69, 9.17) is 0 Å². The highest BCUT2D eigenvalue weighted by atomic mass is 35.5. The number of carbonyl (C=O) groups is 1. The van der Waals surface area contributed by atoms with E-state index in [0.29, 0.717) is 5.92 Å². The molecule has 0 aliphatic rings. The van der Waals surface area contributed by atoms with E-state index < -0.39 is 5.97 Å². The molecule has 0 amide bonds. The molecule has 0 aromatic rings. The summed E-state index contributed by atoms with van der Waals surface area (Å²) in [6.07, 6.45) is 36.8. The molecule has 2 atom stereocenters. The van der Waals surface area contributed by atoms with Crippen LogP contribution in [0.1, 0.15) is 194 Å². The van der Waals surface area contributed by atoms with Crippen LogP contribution >= 0.6 is 0 Å². The van der Waals surface area contributed by atoms with E-state index in [1.165, 1.54) is 167 Å². The minimum Gasteiger partial charge on any atom is -1.00 e. The molecule has 0 fully saturated rings. The van der Waals surface area contributed by atoms with Crippen LogP contribution in [0.4, 0.5) is 0 Å². The predicted molar refractivity (Wildman–Crippen MR) is 178 cm³/mol. The lowest BCUT2D eigenvalue weighted by molar-refractivity contribution is -0.870. The Labute approximate surface area is 265 Å². The van der Waals surface area contributed by atoms with Gasteiger partial charge in [-0.05, 0) is 31.6 Å². The number of quaternary nitrogens is 1. The minimum absolute atomic E-state index is 0. The Kier molecular flexibility index (Phi) is 32.6. The van der Waals surface area contributed by atoms with Crippen molar-refractivity contribution in [3.63, 3.8) is 0 Å². The van der Waals surface area contributed by atoms with Gasteiger partial charge in [0, 0.05) is 0 Å². The van der Waals surface area contributed by atoms with Gasteiger partial charge >= 0.3 is 5.97 Å². The molecule has 0 aliphatic carbocycles. The Morgan fingerprint density at radius 2 is 0.854 bits per heavy atom. The van der Waals surface area contributed by atoms with E-state index in [1.807, 2.05) is 0 Å². The third-order valence-corrected chi connectivity index (χ3v) is 9.03. The number of aliphatic carboxylic acids is 1. The zero-order valence-electron chi connectivity index (χ0n) is 28.8. The first-order valence-electron chi connectivity index (χ1n) is 18.3. The SMILES string of the molecule is CCCCCCC(CCCC)CC(CCCCCCCCCCCCCCCCCCCC[N+](C)(C)C)C(=O)O.[Cl-]. The maximum absolute atomic E-state index is 11.9. The number of halogens is 1. The second-order valence-electron chi connectivity index (χ2n) is 14.3. The Hall–Kier alpha value is -0.280. The molecule has 0 rings (SSSR count). The van der Waals surface area contributed by atoms with Crippen molar-refractivity contribution in [2.45, 2.75) is 194 Å². The van der Waals surface area contributed by atoms with E-state index >= 15 is 0 Å². The van der Waals surface area contributed by atoms with Crippen LogP contribution in [0.25, 0.3) is 0 Å². The summed E-state index contributed by atoms with van der Waals surface area (Å²) in [6.45, 7) is 5.83. The number of rotatable bonds is 32. The minimum atomic E-state index is -0.545. The van der Waals surface area contributed by atoms with Crippen LogP contribution in [0.15, 0.2) is 0 Å². The summed E-state index contributed by atoms with van der Waals surface area (Å²) in [5.74, 6) is -0.0387. The smallest absolute Gasteiger partial charge is 0.306 e. The van der Waals surface area contributed by atoms with Gasteiger partial charge in [0.25, 0.3) is 0 Å². The third-order valence-electron chi connectivity index (χ3n) is 9.03. The maximum atomic E-state index is 11.9. The van der Waals surface area contributed by atoms with E-state index in [1.54, 1.807) is 0 Å². The van der Waals surface area contributed by atoms with Crippen molar-refractivity contribution in [2.75, 3.05) is 27.7 Å². The number of unbranched alkanes of at least 4 members (excludes halogenated alkanes) is 21. The van der Waals surface area contributed by atoms with Crippen molar-refractivity contribution < 1.29 is 26.8 Å². The lowest BCUT2D eigenvalue weighted by Crippen LogP contribution is -3.00. The molecule has 0 spiro atoms. The summed E-state index contributed by atoms with van der Waals surface area (Å²) >= 11 is 0. The molecule has 1 N–H and O–H groups in total. The lowest BCUT2D eigenvalue weighted by atomic mass is 9.84. The maximum Gasteiger partial charge on any atom is 0.306 e. The van der Waals surface area contributed by atoms with Crippen LogP contribution in [-0.2, 0) is 4.79 Å². The van der Waals surface area contributed by atoms with Crippen molar-refractivity contribution >= 4 is 5.97 Å². The molecule has 0 radical (unpaired) electrons. The Balaban J connectivity index is 0. The van der Waals surface area contributed by atoms with E-state index in [0.717, 1.165) is 23.7 Å². The summed E-state index contributed by atoms with van der Waals surface area (Å²) < 4.78 is 1.11. The van der Waals surface area contributed by atoms with Gasteiger partial charge in [-0.15, -0.1) is 0 Å². The van der Waals surface area contributed by atoms with Gasteiger partial charge in [-0.25, -0.2) is 0 Å². The van der Waals surface area contributed by atoms with Crippen LogP contribution in [0.3, 0.4) is 0 Å². The number of hydrogen-bond acceptors (Lipinski definition) is 1. The van der Waals surface area contributed by atoms with Crippen molar-refractivity contribution in [3.05, 3.63) is 0 Å². The van der Waals surface area contributed by atoms with Gasteiger partial charge in [-0.1, -0.05) is 168 Å². The molecule has 0 saturated heterocycles. The summed E-state index contributed by atoms with van der Waals surface area (Å²) in [5, 5.41) is 9.83. The lowest BCUT2D eigenvalue weighted by Gasteiger charge is -2.23. The molecule has 0 bridgehead atoms. The molecular formula is C37H76ClNO2. The highest BCUT2D eigenvalue weighted by molar-refractivity contribution is 5.69. The van der Waals surface area contributed by atoms with E-state index in [2.05, 4.69) is 35.0 Å². The topological polar surface area (TPSA) is 37.3 Å². The van der Waals surface area contributed by atoms with Crippen LogP contribution in [-0.4, -0.2) is 43.2 Å². The van der Waals surface area contributed by atoms with Crippen LogP contribution in [0.2, 0.25) is 0 Å². The second-order valence-corrected chi connectivity index (χ2v) is 14.3. The van der Waals surface area contributed by atoms with Crippen molar-refractivity contribution in [1.82, 2.24) is 0 Å². The van der Waals surface area contributed by atoms with Crippen molar-refractivity contribution in [2.24, 2.45) is 11.8 Å². The number of nitrogens with zero attached hydrogens (tertiary/aromatic N) is 1. The highest BCUT2D eigenvalue weighted by Crippen LogP contribution is 2.28. The molecule has 0 heterocycles. The zero-order valence-corrected chi connectivity index (χ0v) is 29.6. The zero-order chi connectivity index (χ0) is 29.7. The first kappa shape index (κ1) is 42.9. The molecule has 3 nitrogen and oxygen atoms in total. The van der Waals surface area contributed by atoms with Gasteiger partial charge in [-0.3, -0.25) is 4.79 Å². The molecule has 0 aromatic carbocycles. The van der Waals surface area contributed by atoms with Crippen molar-refractivity contribution in [1.29, 1.82) is 0 Å². The fourth-order valence-corrected chi connectivity index (χ4v) is 6.28. The molecule has 0 aliphatic heterocycles. The average Bonchev–Trinajstić information content (AvgIpc) is 2.91. The summed E-state index contributed by atoms with van der Waals surface area (Å²) in [5.41, 5.74) is 0. The molecule has 248 valence electrons. The molecule has 0 aromatic heterocycles. The summed E-state index contributed by atoms with van der Waals surface area (Å²) in [4.78, 5) is 11.9. The van der Waals surface area contributed by atoms with E-state index in [9.17, 15) is 9.90 Å². The third kappa shape index (κ3) is 32.5. The number of carboxylic acid groups (broad SMARTS) is 1. The van der Waals surface area contributed by atoms with Crippen molar-refractivity contribution in [3.8, 4) is 0 Å². The van der Waals surface area contributed by atoms with Crippen LogP contribution < -0.4 is 12.4 Å². The predicted octanol–water partition coefficient (Wildman–Crippen LogP) is 8.98. The molecular weight excluding hydrogens is 526 g/mol. The van der Waals surface area contributed by atoms with E-state index in [-0.39, 0.29) is 18.3 Å². The van der Waals surface area contributed by atoms with Gasteiger partial charge in [0.2, 0.25) is 0 Å². The monoisotopic (exact) mass is 602 g/mol. The molecule has 0 saturated carbocycles. The van der Waals surface area contributed by atoms with Gasteiger partial charge in [0.15, 0.2) is 0 Å². The Morgan fingerprint density at radius 1 is 0.512 bits per heavy atom. The molecule has 41 heavy (non-hydrogen) atoms. The fraction of sp³-hybridized carbons (Fsp3) is 0.973. The Morgan fingerprint density at radius 3 is 1.24 bits per heavy atom. The fourth-order valence-electron chi connectivity index (χ4n) is 6.28.